The second-order valence-electron chi connectivity index (χ2n) is 6.55. The van der Waals surface area contributed by atoms with Crippen LogP contribution in [0.4, 0.5) is 5.69 Å². The van der Waals surface area contributed by atoms with Crippen molar-refractivity contribution in [2.45, 2.75) is 44.0 Å². The van der Waals surface area contributed by atoms with Crippen LogP contribution in [0.1, 0.15) is 37.8 Å². The fourth-order valence-corrected chi connectivity index (χ4v) is 5.15. The third-order valence-electron chi connectivity index (χ3n) is 4.54. The Balaban J connectivity index is 2.17. The Morgan fingerprint density at radius 3 is 2.54 bits per heavy atom. The normalized spacial score (nSPS) is 17.2. The van der Waals surface area contributed by atoms with E-state index in [0.29, 0.717) is 5.75 Å². The lowest BCUT2D eigenvalue weighted by Crippen LogP contribution is -2.36. The minimum Gasteiger partial charge on any atom is -0.495 e. The summed E-state index contributed by atoms with van der Waals surface area (Å²) in [6, 6.07) is 13.0. The fraction of sp³-hybridized carbons (Fsp3) is 0.368. The maximum absolute atomic E-state index is 13.4. The molecule has 5 heteroatoms. The van der Waals surface area contributed by atoms with Crippen LogP contribution in [0.25, 0.3) is 0 Å². The smallest absolute Gasteiger partial charge is 0.268 e. The molecule has 1 aliphatic heterocycles. The molecular formula is C19H23NO3S. The van der Waals surface area contributed by atoms with E-state index in [1.807, 2.05) is 51.1 Å². The predicted octanol–water partition coefficient (Wildman–Crippen LogP) is 3.96. The zero-order chi connectivity index (χ0) is 17.5. The van der Waals surface area contributed by atoms with Crippen LogP contribution in [0.3, 0.4) is 0 Å². The molecule has 1 unspecified atom stereocenters. The van der Waals surface area contributed by atoms with E-state index in [0.717, 1.165) is 23.2 Å². The van der Waals surface area contributed by atoms with Gasteiger partial charge < -0.3 is 4.74 Å². The molecule has 128 valence electrons. The summed E-state index contributed by atoms with van der Waals surface area (Å²) in [5.74, 6) is 0.629. The summed E-state index contributed by atoms with van der Waals surface area (Å²) in [4.78, 5) is 0.236. The molecule has 4 nitrogen and oxygen atoms in total. The lowest BCUT2D eigenvalue weighted by Gasteiger charge is -2.26. The van der Waals surface area contributed by atoms with E-state index in [1.54, 1.807) is 12.1 Å². The van der Waals surface area contributed by atoms with E-state index in [4.69, 9.17) is 4.74 Å². The lowest BCUT2D eigenvalue weighted by molar-refractivity contribution is 0.402. The van der Waals surface area contributed by atoms with Crippen LogP contribution in [-0.2, 0) is 16.4 Å². The average Bonchev–Trinajstić information content (AvgIpc) is 2.90. The van der Waals surface area contributed by atoms with Gasteiger partial charge in [0.05, 0.1) is 12.8 Å². The second-order valence-corrected chi connectivity index (χ2v) is 8.33. The zero-order valence-corrected chi connectivity index (χ0v) is 15.3. The largest absolute Gasteiger partial charge is 0.495 e. The third-order valence-corrected chi connectivity index (χ3v) is 6.49. The predicted molar refractivity (Wildman–Crippen MR) is 96.4 cm³/mol. The molecule has 0 bridgehead atoms. The summed E-state index contributed by atoms with van der Waals surface area (Å²) in [6.07, 6.45) is 0.724. The van der Waals surface area contributed by atoms with Crippen LogP contribution in [0, 0.1) is 0 Å². The first kappa shape index (κ1) is 16.8. The first-order valence-corrected chi connectivity index (χ1v) is 9.60. The monoisotopic (exact) mass is 345 g/mol. The van der Waals surface area contributed by atoms with E-state index < -0.39 is 10.0 Å². The van der Waals surface area contributed by atoms with Gasteiger partial charge in [-0.05, 0) is 48.6 Å². The van der Waals surface area contributed by atoms with Crippen molar-refractivity contribution in [1.29, 1.82) is 0 Å². The molecule has 3 rings (SSSR count). The number of rotatable bonds is 4. The van der Waals surface area contributed by atoms with Crippen LogP contribution in [0.5, 0.6) is 5.75 Å². The number of hydrogen-bond acceptors (Lipinski definition) is 3. The Bertz CT molecular complexity index is 859. The highest BCUT2D eigenvalue weighted by atomic mass is 32.2. The fourth-order valence-electron chi connectivity index (χ4n) is 3.26. The number of benzene rings is 2. The van der Waals surface area contributed by atoms with Crippen LogP contribution < -0.4 is 9.04 Å². The van der Waals surface area contributed by atoms with Crippen molar-refractivity contribution in [2.24, 2.45) is 0 Å². The van der Waals surface area contributed by atoms with Gasteiger partial charge in [0.15, 0.2) is 0 Å². The number of hydrogen-bond donors (Lipinski definition) is 0. The number of fused-ring (bicyclic) bond motifs is 1. The molecule has 24 heavy (non-hydrogen) atoms. The Morgan fingerprint density at radius 2 is 1.88 bits per heavy atom. The van der Waals surface area contributed by atoms with E-state index in [-0.39, 0.29) is 16.9 Å². The van der Waals surface area contributed by atoms with Gasteiger partial charge in [-0.2, -0.15) is 0 Å². The first-order chi connectivity index (χ1) is 11.4. The van der Waals surface area contributed by atoms with Crippen molar-refractivity contribution in [3.05, 3.63) is 53.6 Å². The molecule has 0 aliphatic carbocycles. The summed E-state index contributed by atoms with van der Waals surface area (Å²) in [7, 11) is -2.19. The molecule has 0 radical (unpaired) electrons. The summed E-state index contributed by atoms with van der Waals surface area (Å²) < 4.78 is 33.7. The quantitative estimate of drug-likeness (QED) is 0.843. The van der Waals surface area contributed by atoms with Gasteiger partial charge >= 0.3 is 0 Å². The van der Waals surface area contributed by atoms with Gasteiger partial charge in [-0.15, -0.1) is 0 Å². The highest BCUT2D eigenvalue weighted by Crippen LogP contribution is 2.39. The van der Waals surface area contributed by atoms with E-state index >= 15 is 0 Å². The molecular weight excluding hydrogens is 322 g/mol. The summed E-state index contributed by atoms with van der Waals surface area (Å²) >= 11 is 0. The van der Waals surface area contributed by atoms with Gasteiger partial charge in [-0.1, -0.05) is 38.1 Å². The molecule has 0 saturated carbocycles. The number of anilines is 1. The molecule has 2 aromatic carbocycles. The van der Waals surface area contributed by atoms with Gasteiger partial charge in [-0.3, -0.25) is 4.31 Å². The van der Waals surface area contributed by atoms with Crippen molar-refractivity contribution in [2.75, 3.05) is 11.4 Å². The maximum Gasteiger partial charge on any atom is 0.268 e. The maximum atomic E-state index is 13.4. The van der Waals surface area contributed by atoms with Crippen molar-refractivity contribution in [3.63, 3.8) is 0 Å². The van der Waals surface area contributed by atoms with E-state index in [9.17, 15) is 8.42 Å². The standard InChI is InChI=1S/C19H23NO3S/c1-13(2)15-9-10-18(23-4)19(12-15)24(21,22)20-14(3)11-16-7-5-6-8-17(16)20/h5-10,12-14H,11H2,1-4H3. The number of methoxy groups -OCH3 is 1. The van der Waals surface area contributed by atoms with Gasteiger partial charge in [0.25, 0.3) is 10.0 Å². The molecule has 0 fully saturated rings. The van der Waals surface area contributed by atoms with Gasteiger partial charge in [0.2, 0.25) is 0 Å². The van der Waals surface area contributed by atoms with E-state index in [1.165, 1.54) is 11.4 Å². The van der Waals surface area contributed by atoms with Crippen molar-refractivity contribution in [3.8, 4) is 5.75 Å². The summed E-state index contributed by atoms with van der Waals surface area (Å²) in [5.41, 5.74) is 2.81. The molecule has 2 aromatic rings. The van der Waals surface area contributed by atoms with Crippen molar-refractivity contribution in [1.82, 2.24) is 0 Å². The van der Waals surface area contributed by atoms with Crippen LogP contribution >= 0.6 is 0 Å². The molecule has 0 aromatic heterocycles. The molecule has 1 heterocycles. The van der Waals surface area contributed by atoms with Crippen LogP contribution in [0.15, 0.2) is 47.4 Å². The van der Waals surface area contributed by atoms with Gasteiger partial charge in [-0.25, -0.2) is 8.42 Å². The van der Waals surface area contributed by atoms with Crippen LogP contribution in [-0.4, -0.2) is 21.6 Å². The number of ether oxygens (including phenoxy) is 1. The van der Waals surface area contributed by atoms with Crippen molar-refractivity contribution >= 4 is 15.7 Å². The number of para-hydroxylation sites is 1. The average molecular weight is 345 g/mol. The van der Waals surface area contributed by atoms with Crippen LogP contribution in [0.2, 0.25) is 0 Å². The van der Waals surface area contributed by atoms with Gasteiger partial charge in [0.1, 0.15) is 10.6 Å². The molecule has 0 saturated heterocycles. The Kier molecular flexibility index (Phi) is 4.30. The molecule has 1 atom stereocenters. The Morgan fingerprint density at radius 1 is 1.17 bits per heavy atom. The highest BCUT2D eigenvalue weighted by molar-refractivity contribution is 7.93. The first-order valence-electron chi connectivity index (χ1n) is 8.16. The zero-order valence-electron chi connectivity index (χ0n) is 14.5. The molecule has 1 aliphatic rings. The van der Waals surface area contributed by atoms with Gasteiger partial charge in [0, 0.05) is 6.04 Å². The minimum absolute atomic E-state index is 0.111. The molecule has 0 amide bonds. The number of sulfonamides is 1. The number of nitrogens with zero attached hydrogens (tertiary/aromatic N) is 1. The SMILES string of the molecule is COc1ccc(C(C)C)cc1S(=O)(=O)N1c2ccccc2CC1C. The Labute approximate surface area is 144 Å². The van der Waals surface area contributed by atoms with E-state index in [2.05, 4.69) is 0 Å². The molecule has 0 N–H and O–H groups in total. The summed E-state index contributed by atoms with van der Waals surface area (Å²) in [6.45, 7) is 6.04. The Hall–Kier alpha value is -2.01. The summed E-state index contributed by atoms with van der Waals surface area (Å²) in [5, 5.41) is 0. The third kappa shape index (κ3) is 2.67. The van der Waals surface area contributed by atoms with Crippen molar-refractivity contribution < 1.29 is 13.2 Å². The second kappa shape index (κ2) is 6.13. The highest BCUT2D eigenvalue weighted by Gasteiger charge is 2.37. The topological polar surface area (TPSA) is 46.6 Å². The lowest BCUT2D eigenvalue weighted by atomic mass is 10.0. The molecule has 0 spiro atoms. The minimum atomic E-state index is -3.69.